The van der Waals surface area contributed by atoms with Crippen molar-refractivity contribution >= 4 is 34.4 Å². The number of likely N-dealkylation sites (tertiary alicyclic amines) is 2. The number of amides is 2. The molecule has 9 rings (SSSR count). The first-order valence-corrected chi connectivity index (χ1v) is 20.3. The largest absolute Gasteiger partial charge is 0.366 e. The highest BCUT2D eigenvalue weighted by molar-refractivity contribution is 6.09. The molecule has 6 heterocycles. The molecule has 0 atom stereocenters. The number of aromatic nitrogens is 3. The minimum absolute atomic E-state index is 0.198. The molecule has 0 bridgehead atoms. The number of nitrogens with one attached hydrogen (secondary N) is 2. The lowest BCUT2D eigenvalue weighted by Crippen LogP contribution is -2.58. The molecule has 278 valence electrons. The zero-order chi connectivity index (χ0) is 35.6. The molecule has 2 amide bonds. The molecular formula is C41H57N9O2. The molecule has 4 aliphatic heterocycles. The maximum atomic E-state index is 14.9. The van der Waals surface area contributed by atoms with Gasteiger partial charge in [0.2, 0.25) is 11.8 Å². The van der Waals surface area contributed by atoms with Crippen molar-refractivity contribution in [2.75, 3.05) is 63.1 Å². The number of carbonyl (C=O) groups is 2. The molecule has 1 aromatic carbocycles. The molecule has 6 aliphatic rings. The molecule has 2 aromatic heterocycles. The number of hydrogen-bond acceptors (Lipinski definition) is 8. The van der Waals surface area contributed by atoms with E-state index in [9.17, 15) is 9.59 Å². The van der Waals surface area contributed by atoms with Crippen molar-refractivity contribution in [3.8, 4) is 11.3 Å². The summed E-state index contributed by atoms with van der Waals surface area (Å²) in [6, 6.07) is 10.7. The van der Waals surface area contributed by atoms with Gasteiger partial charge in [0.1, 0.15) is 5.52 Å². The normalized spacial score (nSPS) is 25.5. The van der Waals surface area contributed by atoms with Crippen molar-refractivity contribution in [3.05, 3.63) is 36.2 Å². The van der Waals surface area contributed by atoms with Gasteiger partial charge in [-0.1, -0.05) is 18.6 Å². The SMILES string of the molecule is CC(C)n1cnc2cc(-c3ccc4c(c3)N(C3CC(N5CCCCC5)C3)C(=O)C43CCN(CC(=O)N(C)C4CCNCC4)CC3)nc(NC3CC3)c21. The molecule has 1 spiro atoms. The van der Waals surface area contributed by atoms with Crippen LogP contribution in [-0.2, 0) is 15.0 Å². The number of anilines is 2. The minimum Gasteiger partial charge on any atom is -0.366 e. The molecule has 0 radical (unpaired) electrons. The third-order valence-corrected chi connectivity index (χ3v) is 13.4. The van der Waals surface area contributed by atoms with Crippen molar-refractivity contribution in [2.24, 2.45) is 0 Å². The van der Waals surface area contributed by atoms with Crippen molar-refractivity contribution in [1.82, 2.24) is 34.6 Å². The second-order valence-corrected chi connectivity index (χ2v) is 17.0. The number of pyridine rings is 1. The van der Waals surface area contributed by atoms with Crippen LogP contribution in [-0.4, -0.2) is 118 Å². The van der Waals surface area contributed by atoms with E-state index >= 15 is 0 Å². The predicted molar refractivity (Wildman–Crippen MR) is 206 cm³/mol. The zero-order valence-corrected chi connectivity index (χ0v) is 31.4. The van der Waals surface area contributed by atoms with Gasteiger partial charge < -0.3 is 29.9 Å². The third kappa shape index (κ3) is 6.10. The molecule has 5 fully saturated rings. The number of piperidine rings is 3. The highest BCUT2D eigenvalue weighted by Crippen LogP contribution is 2.52. The Morgan fingerprint density at radius 2 is 1.75 bits per heavy atom. The Hall–Kier alpha value is -3.54. The fraction of sp³-hybridized carbons (Fsp3) is 0.659. The lowest BCUT2D eigenvalue weighted by molar-refractivity contribution is -0.134. The van der Waals surface area contributed by atoms with Crippen molar-refractivity contribution in [3.63, 3.8) is 0 Å². The Labute approximate surface area is 308 Å². The highest BCUT2D eigenvalue weighted by atomic mass is 16.2. The summed E-state index contributed by atoms with van der Waals surface area (Å²) in [5.41, 5.74) is 5.64. The lowest BCUT2D eigenvalue weighted by atomic mass is 9.73. The van der Waals surface area contributed by atoms with Crippen LogP contribution in [0.5, 0.6) is 0 Å². The van der Waals surface area contributed by atoms with Gasteiger partial charge in [-0.15, -0.1) is 0 Å². The number of fused-ring (bicyclic) bond motifs is 3. The Kier molecular flexibility index (Phi) is 9.02. The maximum absolute atomic E-state index is 14.9. The van der Waals surface area contributed by atoms with E-state index in [0.717, 1.165) is 98.5 Å². The quantitative estimate of drug-likeness (QED) is 0.315. The molecule has 2 saturated carbocycles. The average molecular weight is 708 g/mol. The van der Waals surface area contributed by atoms with Gasteiger partial charge >= 0.3 is 0 Å². The van der Waals surface area contributed by atoms with Crippen LogP contribution in [0.3, 0.4) is 0 Å². The first-order chi connectivity index (χ1) is 25.3. The van der Waals surface area contributed by atoms with Gasteiger partial charge in [-0.3, -0.25) is 14.5 Å². The summed E-state index contributed by atoms with van der Waals surface area (Å²) in [5, 5.41) is 7.11. The monoisotopic (exact) mass is 707 g/mol. The second-order valence-electron chi connectivity index (χ2n) is 17.0. The van der Waals surface area contributed by atoms with E-state index in [1.165, 1.54) is 50.8 Å². The summed E-state index contributed by atoms with van der Waals surface area (Å²) in [5.74, 6) is 1.38. The van der Waals surface area contributed by atoms with Gasteiger partial charge in [0, 0.05) is 61.6 Å². The van der Waals surface area contributed by atoms with E-state index in [4.69, 9.17) is 9.97 Å². The van der Waals surface area contributed by atoms with Gasteiger partial charge in [-0.05, 0) is 122 Å². The van der Waals surface area contributed by atoms with Gasteiger partial charge in [0.15, 0.2) is 5.82 Å². The van der Waals surface area contributed by atoms with Gasteiger partial charge in [-0.25, -0.2) is 9.97 Å². The smallest absolute Gasteiger partial charge is 0.238 e. The molecule has 11 heteroatoms. The standard InChI is InChI=1S/C41H57N9O2/c1-27(2)49-26-43-35-24-34(45-39(38(35)49)44-29-8-9-29)28-7-10-33-36(21-28)50(32-22-31(23-32)48-17-5-4-6-18-48)40(52)41(33)13-19-47(20-14-41)25-37(51)46(3)30-11-15-42-16-12-30/h7,10,21,24,26-27,29-32,42H,4-6,8-9,11-20,22-23,25H2,1-3H3,(H,44,45). The fourth-order valence-corrected chi connectivity index (χ4v) is 9.86. The van der Waals surface area contributed by atoms with Crippen LogP contribution in [0.15, 0.2) is 30.6 Å². The molecule has 3 saturated heterocycles. The van der Waals surface area contributed by atoms with Gasteiger partial charge in [-0.2, -0.15) is 0 Å². The molecule has 0 unspecified atom stereocenters. The summed E-state index contributed by atoms with van der Waals surface area (Å²) >= 11 is 0. The van der Waals surface area contributed by atoms with Gasteiger partial charge in [0.05, 0.1) is 29.5 Å². The van der Waals surface area contributed by atoms with Crippen molar-refractivity contribution < 1.29 is 9.59 Å². The molecule has 2 N–H and O–H groups in total. The number of imidazole rings is 1. The van der Waals surface area contributed by atoms with Crippen molar-refractivity contribution in [2.45, 2.75) is 120 Å². The number of rotatable bonds is 9. The first-order valence-electron chi connectivity index (χ1n) is 20.3. The molecule has 11 nitrogen and oxygen atoms in total. The van der Waals surface area contributed by atoms with E-state index in [-0.39, 0.29) is 23.9 Å². The number of carbonyl (C=O) groups excluding carboxylic acids is 2. The number of benzene rings is 1. The molecule has 3 aromatic rings. The summed E-state index contributed by atoms with van der Waals surface area (Å²) in [6.07, 6.45) is 13.8. The lowest BCUT2D eigenvalue weighted by Gasteiger charge is -2.48. The predicted octanol–water partition coefficient (Wildman–Crippen LogP) is 5.16. The van der Waals surface area contributed by atoms with Crippen LogP contribution in [0, 0.1) is 0 Å². The Balaban J connectivity index is 1.01. The van der Waals surface area contributed by atoms with Crippen LogP contribution >= 0.6 is 0 Å². The van der Waals surface area contributed by atoms with E-state index in [1.807, 2.05) is 18.3 Å². The summed E-state index contributed by atoms with van der Waals surface area (Å²) in [7, 11) is 1.97. The summed E-state index contributed by atoms with van der Waals surface area (Å²) in [6.45, 7) is 10.6. The molecule has 2 aliphatic carbocycles. The van der Waals surface area contributed by atoms with E-state index < -0.39 is 5.41 Å². The summed E-state index contributed by atoms with van der Waals surface area (Å²) < 4.78 is 2.21. The average Bonchev–Trinajstić information content (AvgIpc) is 3.81. The third-order valence-electron chi connectivity index (χ3n) is 13.4. The Bertz CT molecular complexity index is 1810. The number of likely N-dealkylation sites (N-methyl/N-ethyl adjacent to an activating group) is 1. The second kappa shape index (κ2) is 13.7. The van der Waals surface area contributed by atoms with Crippen LogP contribution in [0.4, 0.5) is 11.5 Å². The van der Waals surface area contributed by atoms with E-state index in [1.54, 1.807) is 0 Å². The first kappa shape index (κ1) is 34.2. The minimum atomic E-state index is -0.545. The van der Waals surface area contributed by atoms with Crippen LogP contribution in [0.1, 0.15) is 96.1 Å². The van der Waals surface area contributed by atoms with Crippen LogP contribution < -0.4 is 15.5 Å². The topological polar surface area (TPSA) is 102 Å². The van der Waals surface area contributed by atoms with Crippen molar-refractivity contribution in [1.29, 1.82) is 0 Å². The highest BCUT2D eigenvalue weighted by Gasteiger charge is 2.55. The Morgan fingerprint density at radius 1 is 1.00 bits per heavy atom. The van der Waals surface area contributed by atoms with E-state index in [0.29, 0.717) is 24.7 Å². The maximum Gasteiger partial charge on any atom is 0.238 e. The number of hydrogen-bond donors (Lipinski definition) is 2. The molecular weight excluding hydrogens is 651 g/mol. The van der Waals surface area contributed by atoms with Crippen LogP contribution in [0.25, 0.3) is 22.3 Å². The molecule has 52 heavy (non-hydrogen) atoms. The number of nitrogens with zero attached hydrogens (tertiary/aromatic N) is 7. The Morgan fingerprint density at radius 3 is 2.46 bits per heavy atom. The van der Waals surface area contributed by atoms with Gasteiger partial charge in [0.25, 0.3) is 0 Å². The zero-order valence-electron chi connectivity index (χ0n) is 31.4. The van der Waals surface area contributed by atoms with Crippen LogP contribution in [0.2, 0.25) is 0 Å². The fourth-order valence-electron chi connectivity index (χ4n) is 9.86. The summed E-state index contributed by atoms with van der Waals surface area (Å²) in [4.78, 5) is 47.5. The van der Waals surface area contributed by atoms with E-state index in [2.05, 4.69) is 68.0 Å².